The van der Waals surface area contributed by atoms with Crippen LogP contribution < -0.4 is 29.1 Å². The molecule has 1 aliphatic heterocycles. The van der Waals surface area contributed by atoms with E-state index in [1.807, 2.05) is 26.0 Å². The molecule has 1 atom stereocenters. The molecule has 3 aromatic rings. The summed E-state index contributed by atoms with van der Waals surface area (Å²) in [7, 11) is 1.28. The molecule has 2 aromatic carbocycles. The zero-order chi connectivity index (χ0) is 28.3. The third kappa shape index (κ3) is 6.22. The summed E-state index contributed by atoms with van der Waals surface area (Å²) in [6.07, 6.45) is 3.11. The smallest absolute Gasteiger partial charge is 0.337 e. The van der Waals surface area contributed by atoms with Gasteiger partial charge < -0.3 is 18.9 Å². The van der Waals surface area contributed by atoms with Crippen LogP contribution in [-0.2, 0) is 14.3 Å². The Kier molecular flexibility index (Phi) is 9.48. The van der Waals surface area contributed by atoms with E-state index in [9.17, 15) is 14.4 Å². The molecule has 204 valence electrons. The summed E-state index contributed by atoms with van der Waals surface area (Å²) in [5, 5.41) is 0. The van der Waals surface area contributed by atoms with Crippen LogP contribution in [0.1, 0.15) is 37.9 Å². The van der Waals surface area contributed by atoms with E-state index in [1.54, 1.807) is 24.3 Å². The van der Waals surface area contributed by atoms with Crippen molar-refractivity contribution in [3.63, 3.8) is 0 Å². The van der Waals surface area contributed by atoms with Gasteiger partial charge in [-0.25, -0.2) is 9.79 Å². The number of aromatic nitrogens is 1. The van der Waals surface area contributed by atoms with Crippen LogP contribution in [0, 0.1) is 7.14 Å². The Bertz CT molecular complexity index is 1660. The molecule has 0 saturated heterocycles. The van der Waals surface area contributed by atoms with Crippen molar-refractivity contribution in [2.24, 2.45) is 4.99 Å². The third-order valence-electron chi connectivity index (χ3n) is 5.58. The molecule has 0 bridgehead atoms. The van der Waals surface area contributed by atoms with Crippen LogP contribution in [0.2, 0.25) is 0 Å². The van der Waals surface area contributed by atoms with Gasteiger partial charge in [0.25, 0.3) is 5.56 Å². The fourth-order valence-electron chi connectivity index (χ4n) is 4.07. The molecule has 0 fully saturated rings. The summed E-state index contributed by atoms with van der Waals surface area (Å²) in [5.41, 5.74) is 1.06. The molecule has 0 spiro atoms. The molecule has 0 radical (unpaired) electrons. The number of rotatable bonds is 8. The third-order valence-corrected chi connectivity index (χ3v) is 8.00. The van der Waals surface area contributed by atoms with E-state index in [0.29, 0.717) is 50.9 Å². The lowest BCUT2D eigenvalue weighted by Crippen LogP contribution is -2.39. The van der Waals surface area contributed by atoms with Gasteiger partial charge in [-0.1, -0.05) is 17.4 Å². The van der Waals surface area contributed by atoms with Gasteiger partial charge in [0.2, 0.25) is 0 Å². The topological polar surface area (TPSA) is 105 Å². The normalized spacial score (nSPS) is 14.7. The molecule has 0 saturated carbocycles. The van der Waals surface area contributed by atoms with Crippen molar-refractivity contribution >= 4 is 74.5 Å². The van der Waals surface area contributed by atoms with Crippen molar-refractivity contribution in [3.8, 4) is 17.2 Å². The van der Waals surface area contributed by atoms with Crippen molar-refractivity contribution in [2.45, 2.75) is 26.8 Å². The highest BCUT2D eigenvalue weighted by atomic mass is 127. The van der Waals surface area contributed by atoms with Gasteiger partial charge in [0.15, 0.2) is 22.0 Å². The Morgan fingerprint density at radius 2 is 1.82 bits per heavy atom. The number of carbonyl (C=O) groups is 2. The van der Waals surface area contributed by atoms with E-state index in [0.717, 1.165) is 7.14 Å². The monoisotopic (exact) mass is 774 g/mol. The number of nitrogens with zero attached hydrogens (tertiary/aromatic N) is 2. The highest BCUT2D eigenvalue weighted by Crippen LogP contribution is 2.35. The van der Waals surface area contributed by atoms with E-state index in [1.165, 1.54) is 36.1 Å². The van der Waals surface area contributed by atoms with Crippen molar-refractivity contribution in [3.05, 3.63) is 80.1 Å². The average Bonchev–Trinajstić information content (AvgIpc) is 3.21. The minimum atomic E-state index is -0.810. The second-order valence-corrected chi connectivity index (χ2v) is 11.6. The number of benzene rings is 2. The van der Waals surface area contributed by atoms with E-state index in [2.05, 4.69) is 50.2 Å². The van der Waals surface area contributed by atoms with E-state index >= 15 is 0 Å². The number of hydrogen-bond acceptors (Lipinski definition) is 9. The number of carbonyl (C=O) groups excluding carboxylic acids is 2. The Hall–Kier alpha value is -2.72. The summed E-state index contributed by atoms with van der Waals surface area (Å²) < 4.78 is 25.4. The van der Waals surface area contributed by atoms with Crippen molar-refractivity contribution in [1.29, 1.82) is 0 Å². The van der Waals surface area contributed by atoms with Crippen LogP contribution in [0.15, 0.2) is 51.9 Å². The molecule has 0 unspecified atom stereocenters. The minimum Gasteiger partial charge on any atom is -0.490 e. The van der Waals surface area contributed by atoms with Gasteiger partial charge in [0.05, 0.1) is 40.0 Å². The summed E-state index contributed by atoms with van der Waals surface area (Å²) in [6, 6.07) is 8.21. The lowest BCUT2D eigenvalue weighted by Gasteiger charge is -2.23. The highest BCUT2D eigenvalue weighted by Gasteiger charge is 2.31. The van der Waals surface area contributed by atoms with Gasteiger partial charge in [-0.3, -0.25) is 14.2 Å². The Balaban J connectivity index is 1.94. The van der Waals surface area contributed by atoms with Gasteiger partial charge >= 0.3 is 11.9 Å². The first-order valence-corrected chi connectivity index (χ1v) is 14.8. The summed E-state index contributed by atoms with van der Waals surface area (Å²) >= 11 is 5.43. The van der Waals surface area contributed by atoms with Gasteiger partial charge in [0, 0.05) is 22.3 Å². The standard InChI is InChI=1S/C27H24I2N2O7S/c1-5-36-20-8-7-15(10-21(20)37-6-2)23-18(26(34)35-4)13-30-27-31(23)25(33)22(39-27)11-16-9-17(28)12-19(29)24(16)38-14(3)32/h7-13,23H,5-6H2,1-4H3/b22-11+/t23-/m1/s1. The van der Waals surface area contributed by atoms with Gasteiger partial charge in [-0.2, -0.15) is 0 Å². The number of halogens is 2. The van der Waals surface area contributed by atoms with Crippen LogP contribution in [0.25, 0.3) is 6.08 Å². The number of ether oxygens (including phenoxy) is 4. The molecule has 1 aromatic heterocycles. The van der Waals surface area contributed by atoms with Gasteiger partial charge in [-0.15, -0.1) is 0 Å². The van der Waals surface area contributed by atoms with Crippen LogP contribution in [0.3, 0.4) is 0 Å². The molecule has 1 aliphatic rings. The molecule has 4 rings (SSSR count). The second kappa shape index (κ2) is 12.6. The maximum atomic E-state index is 13.9. The Morgan fingerprint density at radius 3 is 2.49 bits per heavy atom. The zero-order valence-electron chi connectivity index (χ0n) is 21.4. The average molecular weight is 774 g/mol. The largest absolute Gasteiger partial charge is 0.490 e. The number of thiazole rings is 1. The maximum absolute atomic E-state index is 13.9. The molecule has 9 nitrogen and oxygen atoms in total. The van der Waals surface area contributed by atoms with Crippen LogP contribution in [0.4, 0.5) is 0 Å². The first-order valence-electron chi connectivity index (χ1n) is 11.8. The first-order chi connectivity index (χ1) is 18.7. The molecule has 0 amide bonds. The molecule has 2 heterocycles. The quantitative estimate of drug-likeness (QED) is 0.194. The number of esters is 2. The predicted octanol–water partition coefficient (Wildman–Crippen LogP) is 3.95. The second-order valence-electron chi connectivity index (χ2n) is 8.15. The lowest BCUT2D eigenvalue weighted by molar-refractivity contribution is -0.136. The van der Waals surface area contributed by atoms with Crippen molar-refractivity contribution in [2.75, 3.05) is 20.3 Å². The van der Waals surface area contributed by atoms with E-state index in [4.69, 9.17) is 18.9 Å². The van der Waals surface area contributed by atoms with Crippen LogP contribution >= 0.6 is 56.5 Å². The predicted molar refractivity (Wildman–Crippen MR) is 163 cm³/mol. The first kappa shape index (κ1) is 29.3. The molecular weight excluding hydrogens is 750 g/mol. The van der Waals surface area contributed by atoms with E-state index in [-0.39, 0.29) is 11.1 Å². The maximum Gasteiger partial charge on any atom is 0.337 e. The summed E-state index contributed by atoms with van der Waals surface area (Å²) in [4.78, 5) is 43.2. The van der Waals surface area contributed by atoms with Gasteiger partial charge in [-0.05, 0) is 94.9 Å². The fourth-order valence-corrected chi connectivity index (χ4v) is 7.03. The van der Waals surface area contributed by atoms with Crippen molar-refractivity contribution < 1.29 is 28.5 Å². The van der Waals surface area contributed by atoms with Crippen LogP contribution in [-0.4, -0.2) is 36.8 Å². The number of fused-ring (bicyclic) bond motifs is 1. The highest BCUT2D eigenvalue weighted by molar-refractivity contribution is 14.1. The molecule has 0 aliphatic carbocycles. The molecule has 39 heavy (non-hydrogen) atoms. The molecule has 12 heteroatoms. The summed E-state index contributed by atoms with van der Waals surface area (Å²) in [6.45, 7) is 5.93. The van der Waals surface area contributed by atoms with E-state index < -0.39 is 18.0 Å². The van der Waals surface area contributed by atoms with Crippen molar-refractivity contribution in [1.82, 2.24) is 4.57 Å². The zero-order valence-corrected chi connectivity index (χ0v) is 26.6. The Morgan fingerprint density at radius 1 is 1.10 bits per heavy atom. The number of methoxy groups -OCH3 is 1. The SMILES string of the molecule is CCOc1ccc([C@@H]2C(C(=O)OC)=CN=c3s/c(=C/c4cc(I)cc(I)c4OC(C)=O)c(=O)n32)cc1OCC. The van der Waals surface area contributed by atoms with Gasteiger partial charge in [0.1, 0.15) is 0 Å². The molecular formula is C27H24I2N2O7S. The fraction of sp³-hybridized carbons (Fsp3) is 0.259. The van der Waals surface area contributed by atoms with Crippen LogP contribution in [0.5, 0.6) is 17.2 Å². The lowest BCUT2D eigenvalue weighted by atomic mass is 9.97. The molecule has 0 N–H and O–H groups in total. The number of hydrogen-bond donors (Lipinski definition) is 0. The Labute approximate surface area is 255 Å². The summed E-state index contributed by atoms with van der Waals surface area (Å²) in [5.74, 6) is 0.363. The minimum absolute atomic E-state index is 0.201.